The molecule has 0 bridgehead atoms. The number of hydrogen-bond acceptors (Lipinski definition) is 2. The van der Waals surface area contributed by atoms with Gasteiger partial charge in [0, 0.05) is 11.6 Å². The van der Waals surface area contributed by atoms with Crippen LogP contribution in [-0.4, -0.2) is 4.98 Å². The lowest BCUT2D eigenvalue weighted by molar-refractivity contribution is 0.668. The van der Waals surface area contributed by atoms with Crippen molar-refractivity contribution in [3.8, 4) is 0 Å². The Morgan fingerprint density at radius 2 is 1.88 bits per heavy atom. The number of fused-ring (bicyclic) bond motifs is 3. The van der Waals surface area contributed by atoms with Gasteiger partial charge >= 0.3 is 0 Å². The topological polar surface area (TPSA) is 26.0 Å². The number of aromatic nitrogens is 1. The highest BCUT2D eigenvalue weighted by Gasteiger charge is 2.06. The van der Waals surface area contributed by atoms with Crippen LogP contribution in [-0.2, 0) is 0 Å². The van der Waals surface area contributed by atoms with E-state index in [1.807, 2.05) is 38.1 Å². The second-order valence-corrected chi connectivity index (χ2v) is 3.45. The lowest BCUT2D eigenvalue weighted by Crippen LogP contribution is -1.73. The van der Waals surface area contributed by atoms with E-state index in [0.717, 1.165) is 22.1 Å². The van der Waals surface area contributed by atoms with Gasteiger partial charge in [0.05, 0.1) is 0 Å². The van der Waals surface area contributed by atoms with Gasteiger partial charge in [-0.3, -0.25) is 4.98 Å². The highest BCUT2D eigenvalue weighted by molar-refractivity contribution is 6.02. The van der Waals surface area contributed by atoms with Crippen molar-refractivity contribution in [3.63, 3.8) is 0 Å². The molecule has 0 saturated heterocycles. The first-order chi connectivity index (χ1) is 7.84. The van der Waals surface area contributed by atoms with Crippen molar-refractivity contribution in [2.45, 2.75) is 20.8 Å². The zero-order valence-corrected chi connectivity index (χ0v) is 9.82. The molecule has 0 spiro atoms. The van der Waals surface area contributed by atoms with Crippen molar-refractivity contribution in [2.24, 2.45) is 0 Å². The van der Waals surface area contributed by atoms with E-state index in [1.165, 1.54) is 5.56 Å². The molecule has 2 heteroatoms. The molecule has 0 fully saturated rings. The Bertz CT molecular complexity index is 610. The zero-order valence-electron chi connectivity index (χ0n) is 9.82. The van der Waals surface area contributed by atoms with E-state index in [0.29, 0.717) is 0 Å². The molecule has 0 N–H and O–H groups in total. The van der Waals surface area contributed by atoms with Gasteiger partial charge in [-0.2, -0.15) is 0 Å². The number of aryl methyl sites for hydroxylation is 1. The lowest BCUT2D eigenvalue weighted by atomic mass is 10.2. The lowest BCUT2D eigenvalue weighted by Gasteiger charge is -1.90. The summed E-state index contributed by atoms with van der Waals surface area (Å²) in [5, 5.41) is 1.10. The fourth-order valence-corrected chi connectivity index (χ4v) is 1.71. The molecule has 0 atom stereocenters. The van der Waals surface area contributed by atoms with Gasteiger partial charge in [-0.25, -0.2) is 0 Å². The summed E-state index contributed by atoms with van der Waals surface area (Å²) in [6.45, 7) is 6.07. The first-order valence-electron chi connectivity index (χ1n) is 5.58. The van der Waals surface area contributed by atoms with Crippen LogP contribution in [0.25, 0.3) is 22.1 Å². The van der Waals surface area contributed by atoms with Gasteiger partial charge in [0.15, 0.2) is 5.58 Å². The predicted octanol–water partition coefficient (Wildman–Crippen LogP) is 4.32. The zero-order chi connectivity index (χ0) is 11.5. The molecule has 2 nitrogen and oxygen atoms in total. The summed E-state index contributed by atoms with van der Waals surface area (Å²) in [7, 11) is 0. The third-order valence-corrected chi connectivity index (χ3v) is 2.38. The minimum absolute atomic E-state index is 0.855. The highest BCUT2D eigenvalue weighted by Crippen LogP contribution is 2.26. The van der Waals surface area contributed by atoms with Crippen molar-refractivity contribution < 1.29 is 4.42 Å². The van der Waals surface area contributed by atoms with Crippen LogP contribution >= 0.6 is 0 Å². The van der Waals surface area contributed by atoms with Gasteiger partial charge in [-0.1, -0.05) is 25.5 Å². The van der Waals surface area contributed by atoms with Gasteiger partial charge in [0.1, 0.15) is 11.1 Å². The molecule has 2 heterocycles. The molecule has 0 aliphatic rings. The molecule has 3 aromatic rings. The van der Waals surface area contributed by atoms with Crippen LogP contribution in [0.2, 0.25) is 0 Å². The molecule has 0 radical (unpaired) electrons. The summed E-state index contributed by atoms with van der Waals surface area (Å²) in [4.78, 5) is 4.32. The Labute approximate surface area is 94.9 Å². The first kappa shape index (κ1) is 10.7. The monoisotopic (exact) mass is 213 g/mol. The summed E-state index contributed by atoms with van der Waals surface area (Å²) >= 11 is 0. The van der Waals surface area contributed by atoms with Crippen LogP contribution in [0.3, 0.4) is 0 Å². The van der Waals surface area contributed by atoms with Gasteiger partial charge in [-0.05, 0) is 31.2 Å². The van der Waals surface area contributed by atoms with Crippen LogP contribution in [0.4, 0.5) is 0 Å². The molecule has 3 rings (SSSR count). The molecule has 0 amide bonds. The molecule has 0 aliphatic heterocycles. The third kappa shape index (κ3) is 1.67. The second-order valence-electron chi connectivity index (χ2n) is 3.45. The molecule has 0 unspecified atom stereocenters. The molecule has 1 aromatic carbocycles. The molecular formula is C14H15NO. The summed E-state index contributed by atoms with van der Waals surface area (Å²) in [5.41, 5.74) is 3.94. The van der Waals surface area contributed by atoms with E-state index in [-0.39, 0.29) is 0 Å². The van der Waals surface area contributed by atoms with E-state index in [4.69, 9.17) is 4.42 Å². The van der Waals surface area contributed by atoms with Crippen molar-refractivity contribution in [3.05, 3.63) is 42.1 Å². The largest absolute Gasteiger partial charge is 0.454 e. The SMILES string of the molecule is CC.Cc1ccc2oc3cccnc3c2c1. The third-order valence-electron chi connectivity index (χ3n) is 2.38. The van der Waals surface area contributed by atoms with Crippen LogP contribution < -0.4 is 0 Å². The molecular weight excluding hydrogens is 198 g/mol. The highest BCUT2D eigenvalue weighted by atomic mass is 16.3. The predicted molar refractivity (Wildman–Crippen MR) is 67.6 cm³/mol. The maximum atomic E-state index is 5.64. The first-order valence-corrected chi connectivity index (χ1v) is 5.58. The Morgan fingerprint density at radius 3 is 2.69 bits per heavy atom. The standard InChI is InChI=1S/C12H9NO.C2H6/c1-8-4-5-10-9(7-8)12-11(14-10)3-2-6-13-12;1-2/h2-7H,1H3;1-2H3. The smallest absolute Gasteiger partial charge is 0.153 e. The molecule has 0 aliphatic carbocycles. The normalized spacial score (nSPS) is 10.2. The molecule has 16 heavy (non-hydrogen) atoms. The number of benzene rings is 1. The Balaban J connectivity index is 0.000000457. The van der Waals surface area contributed by atoms with Crippen LogP contribution in [0.1, 0.15) is 19.4 Å². The van der Waals surface area contributed by atoms with Crippen molar-refractivity contribution in [1.29, 1.82) is 0 Å². The van der Waals surface area contributed by atoms with Crippen molar-refractivity contribution >= 4 is 22.1 Å². The average Bonchev–Trinajstić information content (AvgIpc) is 2.70. The Kier molecular flexibility index (Phi) is 2.91. The minimum Gasteiger partial charge on any atom is -0.454 e. The molecule has 0 saturated carbocycles. The van der Waals surface area contributed by atoms with Crippen molar-refractivity contribution in [2.75, 3.05) is 0 Å². The second kappa shape index (κ2) is 4.35. The number of nitrogens with zero attached hydrogens (tertiary/aromatic N) is 1. The fraction of sp³-hybridized carbons (Fsp3) is 0.214. The number of pyridine rings is 1. The van der Waals surface area contributed by atoms with Gasteiger partial charge < -0.3 is 4.42 Å². The molecule has 82 valence electrons. The maximum absolute atomic E-state index is 5.64. The van der Waals surface area contributed by atoms with E-state index >= 15 is 0 Å². The average molecular weight is 213 g/mol. The van der Waals surface area contributed by atoms with Gasteiger partial charge in [0.25, 0.3) is 0 Å². The number of furan rings is 1. The van der Waals surface area contributed by atoms with Crippen LogP contribution in [0.5, 0.6) is 0 Å². The van der Waals surface area contributed by atoms with Crippen LogP contribution in [0.15, 0.2) is 40.9 Å². The Hall–Kier alpha value is -1.83. The number of rotatable bonds is 0. The Morgan fingerprint density at radius 1 is 1.06 bits per heavy atom. The minimum atomic E-state index is 0.855. The summed E-state index contributed by atoms with van der Waals surface area (Å²) in [6.07, 6.45) is 1.79. The van der Waals surface area contributed by atoms with E-state index in [2.05, 4.69) is 18.0 Å². The summed E-state index contributed by atoms with van der Waals surface area (Å²) in [5.74, 6) is 0. The summed E-state index contributed by atoms with van der Waals surface area (Å²) < 4.78 is 5.64. The number of hydrogen-bond donors (Lipinski definition) is 0. The van der Waals surface area contributed by atoms with Crippen LogP contribution in [0, 0.1) is 6.92 Å². The van der Waals surface area contributed by atoms with Crippen molar-refractivity contribution in [1.82, 2.24) is 4.98 Å². The maximum Gasteiger partial charge on any atom is 0.153 e. The molecule has 2 aromatic heterocycles. The fourth-order valence-electron chi connectivity index (χ4n) is 1.71. The van der Waals surface area contributed by atoms with E-state index < -0.39 is 0 Å². The van der Waals surface area contributed by atoms with E-state index in [1.54, 1.807) is 6.20 Å². The summed E-state index contributed by atoms with van der Waals surface area (Å²) in [6, 6.07) is 9.97. The van der Waals surface area contributed by atoms with E-state index in [9.17, 15) is 0 Å². The quantitative estimate of drug-likeness (QED) is 0.556. The van der Waals surface area contributed by atoms with Gasteiger partial charge in [-0.15, -0.1) is 0 Å². The van der Waals surface area contributed by atoms with Gasteiger partial charge in [0.2, 0.25) is 0 Å².